The van der Waals surface area contributed by atoms with Gasteiger partial charge in [-0.1, -0.05) is 218 Å². The number of para-hydroxylation sites is 1. The number of hydrogen-bond acceptors (Lipinski definition) is 3. The van der Waals surface area contributed by atoms with Crippen LogP contribution in [0.3, 0.4) is 0 Å². The summed E-state index contributed by atoms with van der Waals surface area (Å²) < 4.78 is 4.91. The van der Waals surface area contributed by atoms with Crippen molar-refractivity contribution in [1.82, 2.24) is 24.1 Å². The molecule has 0 aliphatic rings. The van der Waals surface area contributed by atoms with Gasteiger partial charge in [0.15, 0.2) is 17.5 Å². The van der Waals surface area contributed by atoms with Gasteiger partial charge in [-0.05, 0) is 147 Å². The van der Waals surface area contributed by atoms with E-state index in [0.29, 0.717) is 17.5 Å². The van der Waals surface area contributed by atoms with Crippen LogP contribution in [0.2, 0.25) is 0 Å². The van der Waals surface area contributed by atoms with Crippen molar-refractivity contribution in [2.24, 2.45) is 0 Å². The van der Waals surface area contributed by atoms with Crippen molar-refractivity contribution in [3.05, 3.63) is 296 Å². The van der Waals surface area contributed by atoms with E-state index < -0.39 is 0 Å². The zero-order valence-corrected chi connectivity index (χ0v) is 45.4. The molecule has 0 amide bonds. The largest absolute Gasteiger partial charge is 0.309 e. The molecule has 0 aliphatic heterocycles. The maximum Gasteiger partial charge on any atom is 0.164 e. The van der Waals surface area contributed by atoms with Gasteiger partial charge in [0.05, 0.1) is 27.8 Å². The van der Waals surface area contributed by atoms with Crippen LogP contribution in [0, 0.1) is 13.8 Å². The Morgan fingerprint density at radius 1 is 0.220 bits per heavy atom. The van der Waals surface area contributed by atoms with Crippen LogP contribution in [0.4, 0.5) is 0 Å². The molecule has 0 unspecified atom stereocenters. The van der Waals surface area contributed by atoms with Crippen molar-refractivity contribution in [3.8, 4) is 101 Å². The predicted octanol–water partition coefficient (Wildman–Crippen LogP) is 20.0. The van der Waals surface area contributed by atoms with Gasteiger partial charge in [-0.3, -0.25) is 0 Å². The highest BCUT2D eigenvalue weighted by Crippen LogP contribution is 2.42. The quantitative estimate of drug-likeness (QED) is 0.137. The zero-order valence-electron chi connectivity index (χ0n) is 45.4. The molecular weight excluding hydrogens is 995 g/mol. The van der Waals surface area contributed by atoms with Crippen molar-refractivity contribution < 1.29 is 0 Å². The number of nitrogens with zero attached hydrogens (tertiary/aromatic N) is 5. The van der Waals surface area contributed by atoms with E-state index >= 15 is 0 Å². The van der Waals surface area contributed by atoms with E-state index in [2.05, 4.69) is 272 Å². The third-order valence-electron chi connectivity index (χ3n) is 16.2. The molecule has 0 saturated carbocycles. The Hall–Kier alpha value is -10.8. The maximum absolute atomic E-state index is 5.16. The van der Waals surface area contributed by atoms with E-state index in [4.69, 9.17) is 15.0 Å². The van der Waals surface area contributed by atoms with Gasteiger partial charge < -0.3 is 9.13 Å². The van der Waals surface area contributed by atoms with Gasteiger partial charge in [-0.15, -0.1) is 0 Å². The van der Waals surface area contributed by atoms with Gasteiger partial charge in [0.2, 0.25) is 0 Å². The molecule has 0 N–H and O–H groups in total. The lowest BCUT2D eigenvalue weighted by molar-refractivity contribution is 1.07. The number of hydrogen-bond donors (Lipinski definition) is 0. The van der Waals surface area contributed by atoms with Crippen molar-refractivity contribution in [2.45, 2.75) is 13.8 Å². The molecule has 0 saturated heterocycles. The van der Waals surface area contributed by atoms with Crippen LogP contribution >= 0.6 is 0 Å². The van der Waals surface area contributed by atoms with E-state index in [0.717, 1.165) is 72.5 Å². The molecule has 386 valence electrons. The molecule has 15 aromatic rings. The fourth-order valence-electron chi connectivity index (χ4n) is 12.2. The minimum absolute atomic E-state index is 0.630. The average molecular weight is 1050 g/mol. The predicted molar refractivity (Wildman–Crippen MR) is 341 cm³/mol. The molecule has 0 spiro atoms. The van der Waals surface area contributed by atoms with Crippen LogP contribution < -0.4 is 0 Å². The molecule has 0 fully saturated rings. The summed E-state index contributed by atoms with van der Waals surface area (Å²) in [5, 5.41) is 4.85. The van der Waals surface area contributed by atoms with Crippen molar-refractivity contribution in [2.75, 3.05) is 0 Å². The second kappa shape index (κ2) is 20.2. The van der Waals surface area contributed by atoms with Crippen LogP contribution in [0.1, 0.15) is 11.1 Å². The lowest BCUT2D eigenvalue weighted by Gasteiger charge is -2.18. The zero-order chi connectivity index (χ0) is 54.7. The molecule has 3 aromatic heterocycles. The van der Waals surface area contributed by atoms with Crippen LogP contribution in [-0.2, 0) is 0 Å². The fraction of sp³-hybridized carbons (Fsp3) is 0.0260. The summed E-state index contributed by atoms with van der Waals surface area (Å²) in [5.41, 5.74) is 23.6. The van der Waals surface area contributed by atoms with Crippen molar-refractivity contribution in [1.29, 1.82) is 0 Å². The molecule has 5 nitrogen and oxygen atoms in total. The van der Waals surface area contributed by atoms with Gasteiger partial charge >= 0.3 is 0 Å². The lowest BCUT2D eigenvalue weighted by Crippen LogP contribution is -2.04. The monoisotopic (exact) mass is 1050 g/mol. The normalized spacial score (nSPS) is 11.5. The summed E-state index contributed by atoms with van der Waals surface area (Å²) in [4.78, 5) is 15.3. The summed E-state index contributed by atoms with van der Waals surface area (Å²) in [6, 6.07) is 103. The summed E-state index contributed by atoms with van der Waals surface area (Å²) in [7, 11) is 0. The first-order valence-electron chi connectivity index (χ1n) is 28.0. The van der Waals surface area contributed by atoms with Crippen LogP contribution in [0.5, 0.6) is 0 Å². The van der Waals surface area contributed by atoms with Gasteiger partial charge in [0.25, 0.3) is 0 Å². The Kier molecular flexibility index (Phi) is 11.9. The highest BCUT2D eigenvalue weighted by Gasteiger charge is 2.21. The first-order valence-corrected chi connectivity index (χ1v) is 28.0. The molecule has 15 rings (SSSR count). The number of aryl methyl sites for hydroxylation is 2. The number of rotatable bonds is 10. The Bertz CT molecular complexity index is 4750. The second-order valence-electron chi connectivity index (χ2n) is 21.3. The molecule has 5 heteroatoms. The molecule has 3 heterocycles. The molecule has 12 aromatic carbocycles. The Labute approximate surface area is 476 Å². The van der Waals surface area contributed by atoms with Crippen LogP contribution in [-0.4, -0.2) is 24.1 Å². The lowest BCUT2D eigenvalue weighted by atomic mass is 9.93. The molecule has 0 aliphatic carbocycles. The van der Waals surface area contributed by atoms with Crippen molar-refractivity contribution in [3.63, 3.8) is 0 Å². The van der Waals surface area contributed by atoms with Gasteiger partial charge in [-0.2, -0.15) is 0 Å². The SMILES string of the molecule is Cc1cc(-c2nc(-c3ccccc3)nc(-c3ccccc3)n2)cc(C)c1-n1c2cc(-c3ccc(-n4c5ccccc5c5ccc(-c6ccccc6)cc54)cc3)ccc2c2ccc(-c3cc(-c4ccccc4)cc(-c4ccccc4)c3)cc21. The molecule has 0 radical (unpaired) electrons. The Morgan fingerprint density at radius 3 is 0.988 bits per heavy atom. The van der Waals surface area contributed by atoms with E-state index in [1.165, 1.54) is 66.0 Å². The summed E-state index contributed by atoms with van der Waals surface area (Å²) in [5.74, 6) is 1.91. The third kappa shape index (κ3) is 8.64. The number of benzene rings is 12. The summed E-state index contributed by atoms with van der Waals surface area (Å²) in [6.45, 7) is 4.44. The maximum atomic E-state index is 5.16. The van der Waals surface area contributed by atoms with E-state index in [1.54, 1.807) is 0 Å². The summed E-state index contributed by atoms with van der Waals surface area (Å²) in [6.07, 6.45) is 0. The van der Waals surface area contributed by atoms with Crippen LogP contribution in [0.25, 0.3) is 145 Å². The Balaban J connectivity index is 0.904. The first kappa shape index (κ1) is 48.4. The standard InChI is InChI=1S/C77H53N5/c1-50-42-64(77-79-75(56-26-14-6-15-27-56)78-76(80-77)57-28-16-7-17-29-57)43-51(2)74(50)82-72-48-59(55-32-37-65(38-33-55)81-70-31-19-18-30-66(70)67-39-34-58(47-71(67)81)52-20-8-3-9-21-52)35-40-68(72)69-41-36-60(49-73(69)82)63-45-61(53-22-10-4-11-23-53)44-62(46-63)54-24-12-5-13-25-54/h3-49H,1-2H3. The third-order valence-corrected chi connectivity index (χ3v) is 16.2. The molecule has 0 bridgehead atoms. The molecule has 82 heavy (non-hydrogen) atoms. The van der Waals surface area contributed by atoms with E-state index in [1.807, 2.05) is 36.4 Å². The first-order chi connectivity index (χ1) is 40.5. The van der Waals surface area contributed by atoms with Crippen molar-refractivity contribution >= 4 is 43.6 Å². The van der Waals surface area contributed by atoms with E-state index in [-0.39, 0.29) is 0 Å². The van der Waals surface area contributed by atoms with Gasteiger partial charge in [0, 0.05) is 43.9 Å². The highest BCUT2D eigenvalue weighted by molar-refractivity contribution is 6.12. The van der Waals surface area contributed by atoms with Gasteiger partial charge in [-0.25, -0.2) is 15.0 Å². The topological polar surface area (TPSA) is 48.5 Å². The second-order valence-corrected chi connectivity index (χ2v) is 21.3. The molecular formula is C77H53N5. The summed E-state index contributed by atoms with van der Waals surface area (Å²) >= 11 is 0. The van der Waals surface area contributed by atoms with Crippen LogP contribution in [0.15, 0.2) is 285 Å². The number of fused-ring (bicyclic) bond motifs is 6. The van der Waals surface area contributed by atoms with Gasteiger partial charge in [0.1, 0.15) is 0 Å². The fourth-order valence-corrected chi connectivity index (χ4v) is 12.2. The highest BCUT2D eigenvalue weighted by atomic mass is 15.0. The molecule has 0 atom stereocenters. The smallest absolute Gasteiger partial charge is 0.164 e. The minimum atomic E-state index is 0.630. The average Bonchev–Trinajstić information content (AvgIpc) is 3.78. The minimum Gasteiger partial charge on any atom is -0.309 e. The number of aromatic nitrogens is 5. The van der Waals surface area contributed by atoms with E-state index in [9.17, 15) is 0 Å². The Morgan fingerprint density at radius 2 is 0.537 bits per heavy atom.